The van der Waals surface area contributed by atoms with Crippen LogP contribution in [0.15, 0.2) is 46.9 Å². The number of benzene rings is 2. The second-order valence-corrected chi connectivity index (χ2v) is 16.8. The van der Waals surface area contributed by atoms with E-state index >= 15 is 0 Å². The van der Waals surface area contributed by atoms with Crippen molar-refractivity contribution in [2.45, 2.75) is 103 Å². The van der Waals surface area contributed by atoms with E-state index in [1.54, 1.807) is 30.0 Å². The van der Waals surface area contributed by atoms with E-state index in [9.17, 15) is 29.1 Å². The molecule has 0 radical (unpaired) electrons. The smallest absolute Gasteiger partial charge is 0.410 e. The first-order valence-corrected chi connectivity index (χ1v) is 21.7. The number of ether oxygens (including phenoxy) is 2. The second-order valence-electron chi connectivity index (χ2n) is 15.9. The number of fused-ring (bicyclic) bond motifs is 1. The number of phenolic OH excluding ortho intramolecular Hbond substituents is 1. The number of hydrogen-bond donors (Lipinski definition) is 2. The van der Waals surface area contributed by atoms with E-state index in [1.165, 1.54) is 0 Å². The molecule has 4 aliphatic heterocycles. The zero-order chi connectivity index (χ0) is 40.3. The summed E-state index contributed by atoms with van der Waals surface area (Å²) < 4.78 is 11.5. The van der Waals surface area contributed by atoms with Gasteiger partial charge >= 0.3 is 18.1 Å². The number of carbonyl (C=O) groups is 5. The average Bonchev–Trinajstić information content (AvgIpc) is 3.56. The average molecular weight is 853 g/mol. The van der Waals surface area contributed by atoms with E-state index in [0.717, 1.165) is 81.3 Å². The highest BCUT2D eigenvalue weighted by Crippen LogP contribution is 2.31. The third-order valence-electron chi connectivity index (χ3n) is 12.2. The number of nitrogens with zero attached hydrogens (tertiary/aromatic N) is 4. The highest BCUT2D eigenvalue weighted by molar-refractivity contribution is 9.10. The molecule has 0 spiro atoms. The van der Waals surface area contributed by atoms with Crippen molar-refractivity contribution in [2.75, 3.05) is 57.7 Å². The van der Waals surface area contributed by atoms with Crippen LogP contribution in [0.4, 0.5) is 15.3 Å². The van der Waals surface area contributed by atoms with Gasteiger partial charge in [0.2, 0.25) is 5.91 Å². The number of aromatic hydroxyl groups is 1. The van der Waals surface area contributed by atoms with Gasteiger partial charge in [-0.3, -0.25) is 14.4 Å². The number of halogens is 1. The number of phenols is 1. The number of carbonyl (C=O) groups excluding carboxylic acids is 5. The summed E-state index contributed by atoms with van der Waals surface area (Å²) in [6.45, 7) is 6.17. The summed E-state index contributed by atoms with van der Waals surface area (Å²) in [6, 6.07) is 12.8. The van der Waals surface area contributed by atoms with E-state index < -0.39 is 12.2 Å². The van der Waals surface area contributed by atoms with E-state index in [1.807, 2.05) is 39.0 Å². The number of esters is 1. The summed E-state index contributed by atoms with van der Waals surface area (Å²) in [5, 5.41) is 13.1. The Morgan fingerprint density at radius 1 is 0.842 bits per heavy atom. The Kier molecular flexibility index (Phi) is 15.1. The molecule has 4 heterocycles. The van der Waals surface area contributed by atoms with Crippen LogP contribution in [0.2, 0.25) is 0 Å². The Morgan fingerprint density at radius 2 is 1.53 bits per heavy atom. The fraction of sp³-hybridized carbons (Fsp3) is 0.605. The number of urea groups is 1. The maximum atomic E-state index is 14.1. The molecule has 2 aromatic rings. The molecule has 13 nitrogen and oxygen atoms in total. The van der Waals surface area contributed by atoms with Gasteiger partial charge in [-0.2, -0.15) is 0 Å². The molecule has 3 saturated heterocycles. The summed E-state index contributed by atoms with van der Waals surface area (Å²) in [4.78, 5) is 72.6. The maximum absolute atomic E-state index is 14.1. The molecule has 0 aromatic heterocycles. The van der Waals surface area contributed by atoms with E-state index in [-0.39, 0.29) is 54.9 Å². The van der Waals surface area contributed by atoms with Gasteiger partial charge in [-0.15, -0.1) is 0 Å². The van der Waals surface area contributed by atoms with E-state index in [4.69, 9.17) is 9.47 Å². The van der Waals surface area contributed by atoms with Crippen LogP contribution >= 0.6 is 15.9 Å². The number of hydrogen-bond acceptors (Lipinski definition) is 8. The highest BCUT2D eigenvalue weighted by atomic mass is 79.9. The van der Waals surface area contributed by atoms with Crippen molar-refractivity contribution in [1.82, 2.24) is 19.6 Å². The largest absolute Gasteiger partial charge is 0.507 e. The van der Waals surface area contributed by atoms with Crippen LogP contribution < -0.4 is 5.32 Å². The first-order valence-electron chi connectivity index (χ1n) is 20.9. The van der Waals surface area contributed by atoms with Crippen molar-refractivity contribution >= 4 is 51.5 Å². The topological polar surface area (TPSA) is 149 Å². The van der Waals surface area contributed by atoms with Crippen LogP contribution in [0.5, 0.6) is 5.75 Å². The highest BCUT2D eigenvalue weighted by Gasteiger charge is 2.36. The lowest BCUT2D eigenvalue weighted by Crippen LogP contribution is -2.51. The molecular formula is C43H58BrN5O8. The Balaban J connectivity index is 0.980. The summed E-state index contributed by atoms with van der Waals surface area (Å²) in [6.07, 6.45) is 7.87. The molecule has 3 fully saturated rings. The van der Waals surface area contributed by atoms with Crippen LogP contribution in [0.3, 0.4) is 0 Å². The van der Waals surface area contributed by atoms with Gasteiger partial charge in [0.1, 0.15) is 5.75 Å². The molecule has 2 atom stereocenters. The molecule has 0 bridgehead atoms. The Morgan fingerprint density at radius 3 is 2.25 bits per heavy atom. The first-order chi connectivity index (χ1) is 27.6. The minimum Gasteiger partial charge on any atom is -0.507 e. The molecule has 6 rings (SSSR count). The molecular weight excluding hydrogens is 794 g/mol. The lowest BCUT2D eigenvalue weighted by Gasteiger charge is -2.38. The molecule has 14 heteroatoms. The van der Waals surface area contributed by atoms with Crippen molar-refractivity contribution in [3.63, 3.8) is 0 Å². The predicted octanol–water partition coefficient (Wildman–Crippen LogP) is 6.75. The Labute approximate surface area is 344 Å². The summed E-state index contributed by atoms with van der Waals surface area (Å²) in [5.74, 6) is 0.621. The standard InChI is InChI=1S/C43H58BrN5O8/c1-2-56-40(52)14-13-39(51)46-21-5-6-30(15-22-46)9-10-31-16-23-47(24-17-31)41(53)38(29-32-11-12-37(50)35(44)28-32)57-43(55)48-25-19-34(20-26-48)49-27-18-33-7-3-4-8-36(33)45-42(49)54/h3-4,7-8,11-12,28,30-31,34,38,50H,2,5-6,9-10,13-27,29H2,1H3,(H,45,54)/t30-,38-/m1/s1. The number of anilines is 1. The monoisotopic (exact) mass is 851 g/mol. The van der Waals surface area contributed by atoms with Crippen LogP contribution in [-0.4, -0.2) is 119 Å². The zero-order valence-electron chi connectivity index (χ0n) is 33.2. The molecule has 0 unspecified atom stereocenters. The summed E-state index contributed by atoms with van der Waals surface area (Å²) >= 11 is 3.37. The quantitative estimate of drug-likeness (QED) is 0.223. The Bertz CT molecular complexity index is 1730. The van der Waals surface area contributed by atoms with E-state index in [2.05, 4.69) is 21.2 Å². The van der Waals surface area contributed by atoms with Crippen molar-refractivity contribution < 1.29 is 38.6 Å². The van der Waals surface area contributed by atoms with Crippen molar-refractivity contribution in [1.29, 1.82) is 0 Å². The molecule has 57 heavy (non-hydrogen) atoms. The van der Waals surface area contributed by atoms with Gasteiger partial charge < -0.3 is 39.5 Å². The van der Waals surface area contributed by atoms with Crippen molar-refractivity contribution in [2.24, 2.45) is 11.8 Å². The number of nitrogens with one attached hydrogen (secondary N) is 1. The number of para-hydroxylation sites is 1. The summed E-state index contributed by atoms with van der Waals surface area (Å²) in [7, 11) is 0. The third kappa shape index (κ3) is 11.6. The van der Waals surface area contributed by atoms with Gasteiger partial charge in [0.15, 0.2) is 6.10 Å². The van der Waals surface area contributed by atoms with Crippen LogP contribution in [0.25, 0.3) is 0 Å². The molecule has 0 aliphatic carbocycles. The van der Waals surface area contributed by atoms with Gasteiger partial charge in [-0.25, -0.2) is 9.59 Å². The normalized spacial score (nSPS) is 20.2. The number of likely N-dealkylation sites (tertiary alicyclic amines) is 3. The van der Waals surface area contributed by atoms with Gasteiger partial charge in [0.25, 0.3) is 5.91 Å². The predicted molar refractivity (Wildman–Crippen MR) is 219 cm³/mol. The van der Waals surface area contributed by atoms with E-state index in [0.29, 0.717) is 68.5 Å². The van der Waals surface area contributed by atoms with Crippen LogP contribution in [-0.2, 0) is 36.7 Å². The zero-order valence-corrected chi connectivity index (χ0v) is 34.8. The number of piperidine rings is 2. The van der Waals surface area contributed by atoms with Crippen LogP contribution in [0.1, 0.15) is 88.7 Å². The fourth-order valence-electron chi connectivity index (χ4n) is 8.79. The molecule has 4 aliphatic rings. The number of amides is 5. The Hall–Kier alpha value is -4.33. The third-order valence-corrected chi connectivity index (χ3v) is 12.9. The fourth-order valence-corrected chi connectivity index (χ4v) is 9.21. The molecule has 0 saturated carbocycles. The molecule has 310 valence electrons. The lowest BCUT2D eigenvalue weighted by molar-refractivity contribution is -0.145. The van der Waals surface area contributed by atoms with Crippen LogP contribution in [0, 0.1) is 11.8 Å². The maximum Gasteiger partial charge on any atom is 0.410 e. The van der Waals surface area contributed by atoms with Crippen molar-refractivity contribution in [3.05, 3.63) is 58.1 Å². The van der Waals surface area contributed by atoms with Gasteiger partial charge in [-0.1, -0.05) is 37.1 Å². The van der Waals surface area contributed by atoms with Gasteiger partial charge in [0, 0.05) is 70.4 Å². The summed E-state index contributed by atoms with van der Waals surface area (Å²) in [5.41, 5.74) is 2.71. The lowest BCUT2D eigenvalue weighted by atomic mass is 9.86. The van der Waals surface area contributed by atoms with Crippen molar-refractivity contribution in [3.8, 4) is 5.75 Å². The second kappa shape index (κ2) is 20.4. The SMILES string of the molecule is CCOC(=O)CCC(=O)N1CCC[C@H](CCC2CCN(C(=O)[C@@H](Cc3ccc(O)c(Br)c3)OC(=O)N3CCC(N4CCc5ccccc5NC4=O)CC3)CC2)CC1. The van der Waals surface area contributed by atoms with Gasteiger partial charge in [0.05, 0.1) is 17.5 Å². The minimum absolute atomic E-state index is 0.00744. The van der Waals surface area contributed by atoms with Gasteiger partial charge in [-0.05, 0) is 115 Å². The first kappa shape index (κ1) is 42.3. The molecule has 2 N–H and O–H groups in total. The molecule has 2 aromatic carbocycles. The minimum atomic E-state index is -1.02. The number of rotatable bonds is 12. The molecule has 5 amide bonds.